The number of hydrogen-bond acceptors (Lipinski definition) is 3. The Kier molecular flexibility index (Phi) is 20.3. The molecule has 1 atom stereocenters. The lowest BCUT2D eigenvalue weighted by Crippen LogP contribution is -2.39. The lowest BCUT2D eigenvalue weighted by Gasteiger charge is -2.24. The Morgan fingerprint density at radius 3 is 1.55 bits per heavy atom. The molecule has 0 saturated carbocycles. The predicted molar refractivity (Wildman–Crippen MR) is 115 cm³/mol. The van der Waals surface area contributed by atoms with E-state index in [-0.39, 0.29) is 5.54 Å². The zero-order valence-electron chi connectivity index (χ0n) is 15.6. The van der Waals surface area contributed by atoms with E-state index in [1.807, 2.05) is 73.6 Å². The minimum absolute atomic E-state index is 0.279. The molecule has 1 aromatic rings. The van der Waals surface area contributed by atoms with Gasteiger partial charge in [0.25, 0.3) is 0 Å². The van der Waals surface area contributed by atoms with Gasteiger partial charge in [-0.2, -0.15) is 0 Å². The molecule has 2 rings (SSSR count). The first-order chi connectivity index (χ1) is 10.6. The van der Waals surface area contributed by atoms with Crippen molar-refractivity contribution in [2.75, 3.05) is 0 Å². The third-order valence-corrected chi connectivity index (χ3v) is 4.19. The molecule has 0 amide bonds. The fourth-order valence-corrected chi connectivity index (χ4v) is 3.26. The summed E-state index contributed by atoms with van der Waals surface area (Å²) in [5.74, 6) is 0. The van der Waals surface area contributed by atoms with Gasteiger partial charge in [0.15, 0.2) is 0 Å². The van der Waals surface area contributed by atoms with Gasteiger partial charge in [0.2, 0.25) is 0 Å². The lowest BCUT2D eigenvalue weighted by atomic mass is 9.94. The Bertz CT molecular complexity index is 391. The average Bonchev–Trinajstić information content (AvgIpc) is 2.89. The Balaban J connectivity index is -0.000000394. The quantitative estimate of drug-likeness (QED) is 0.544. The highest BCUT2D eigenvalue weighted by atomic mass is 32.2. The van der Waals surface area contributed by atoms with Crippen molar-refractivity contribution in [1.29, 1.82) is 0 Å². The molecule has 1 heterocycles. The highest BCUT2D eigenvalue weighted by Gasteiger charge is 2.38. The van der Waals surface area contributed by atoms with Crippen LogP contribution < -0.4 is 5.32 Å². The molecule has 1 aliphatic heterocycles. The van der Waals surface area contributed by atoms with Crippen LogP contribution in [0.25, 0.3) is 0 Å². The smallest absolute Gasteiger partial charge is 0.140 e. The van der Waals surface area contributed by atoms with Crippen LogP contribution in [0.3, 0.4) is 0 Å². The Morgan fingerprint density at radius 1 is 0.818 bits per heavy atom. The Morgan fingerprint density at radius 2 is 1.23 bits per heavy atom. The molecule has 4 heteroatoms. The number of thiocarbonyl (C=S) groups is 2. The van der Waals surface area contributed by atoms with Gasteiger partial charge in [-0.25, -0.2) is 0 Å². The van der Waals surface area contributed by atoms with Crippen LogP contribution in [0.15, 0.2) is 30.3 Å². The van der Waals surface area contributed by atoms with Gasteiger partial charge in [-0.3, -0.25) is 0 Å². The van der Waals surface area contributed by atoms with Crippen LogP contribution in [-0.2, 0) is 5.54 Å². The van der Waals surface area contributed by atoms with E-state index in [4.69, 9.17) is 24.4 Å². The third-order valence-electron chi connectivity index (χ3n) is 2.30. The summed E-state index contributed by atoms with van der Waals surface area (Å²) in [5.41, 5.74) is 0.885. The highest BCUT2D eigenvalue weighted by molar-refractivity contribution is 8.38. The zero-order valence-corrected chi connectivity index (χ0v) is 18.1. The Hall–Kier alpha value is -0.450. The molecule has 1 N–H and O–H groups in total. The van der Waals surface area contributed by atoms with E-state index < -0.39 is 0 Å². The molecule has 0 radical (unpaired) electrons. The zero-order chi connectivity index (χ0) is 18.2. The van der Waals surface area contributed by atoms with E-state index in [2.05, 4.69) is 24.4 Å². The van der Waals surface area contributed by atoms with Crippen molar-refractivity contribution in [2.45, 2.75) is 67.9 Å². The first-order valence-corrected chi connectivity index (χ1v) is 9.86. The van der Waals surface area contributed by atoms with Gasteiger partial charge in [0.1, 0.15) is 9.86 Å². The Labute approximate surface area is 153 Å². The maximum absolute atomic E-state index is 5.33. The molecule has 0 aromatic heterocycles. The summed E-state index contributed by atoms with van der Waals surface area (Å²) < 4.78 is 1.66. The van der Waals surface area contributed by atoms with Crippen molar-refractivity contribution in [2.24, 2.45) is 0 Å². The van der Waals surface area contributed by atoms with Crippen LogP contribution in [0.1, 0.15) is 67.9 Å². The number of thioether (sulfide) groups is 1. The lowest BCUT2D eigenvalue weighted by molar-refractivity contribution is 0.625. The molecule has 0 spiro atoms. The summed E-state index contributed by atoms with van der Waals surface area (Å²) >= 11 is 11.9. The van der Waals surface area contributed by atoms with Gasteiger partial charge in [0.05, 0.1) is 4.20 Å². The van der Waals surface area contributed by atoms with E-state index in [0.717, 1.165) is 14.1 Å². The van der Waals surface area contributed by atoms with Crippen LogP contribution in [-0.4, -0.2) is 8.52 Å². The average molecular weight is 360 g/mol. The molecule has 1 unspecified atom stereocenters. The molecule has 1 aliphatic rings. The van der Waals surface area contributed by atoms with Crippen LogP contribution in [0.5, 0.6) is 0 Å². The second-order valence-corrected chi connectivity index (χ2v) is 5.65. The first kappa shape index (κ1) is 26.4. The maximum atomic E-state index is 5.33. The summed E-state index contributed by atoms with van der Waals surface area (Å²) in [6.45, 7) is 18.1. The molecule has 1 nitrogen and oxygen atoms in total. The molecule has 1 fully saturated rings. The fourth-order valence-electron chi connectivity index (χ4n) is 1.43. The molecule has 1 saturated heterocycles. The van der Waals surface area contributed by atoms with Gasteiger partial charge in [-0.1, -0.05) is 122 Å². The van der Waals surface area contributed by atoms with Gasteiger partial charge in [-0.15, -0.1) is 0 Å². The SMILES string of the molecule is CC.CC.CC.CC.CC1(c2ccccc2)NC(=S)SC1=S. The molecular weight excluding hydrogens is 326 g/mol. The number of rotatable bonds is 1. The molecule has 0 aliphatic carbocycles. The largest absolute Gasteiger partial charge is 0.356 e. The van der Waals surface area contributed by atoms with Crippen molar-refractivity contribution >= 4 is 44.7 Å². The molecule has 1 aromatic carbocycles. The summed E-state index contributed by atoms with van der Waals surface area (Å²) in [4.78, 5) is 0. The monoisotopic (exact) mass is 359 g/mol. The molecular formula is C18H33NS3. The van der Waals surface area contributed by atoms with Crippen molar-refractivity contribution in [3.05, 3.63) is 35.9 Å². The standard InChI is InChI=1S/C10H9NS3.4C2H6/c1-10(7-5-3-2-4-6-7)8(12)14-9(13)11-10;4*1-2/h2-6H,1H3,(H,11,13);4*1-2H3. The van der Waals surface area contributed by atoms with Crippen LogP contribution in [0.2, 0.25) is 0 Å². The molecule has 22 heavy (non-hydrogen) atoms. The molecule has 128 valence electrons. The maximum Gasteiger partial charge on any atom is 0.140 e. The summed E-state index contributed by atoms with van der Waals surface area (Å²) in [6.07, 6.45) is 0. The van der Waals surface area contributed by atoms with Crippen molar-refractivity contribution in [1.82, 2.24) is 5.32 Å². The first-order valence-electron chi connectivity index (χ1n) is 8.23. The summed E-state index contributed by atoms with van der Waals surface area (Å²) in [5, 5.41) is 3.25. The second-order valence-electron chi connectivity index (χ2n) is 3.29. The van der Waals surface area contributed by atoms with Gasteiger partial charge < -0.3 is 5.32 Å². The fraction of sp³-hybridized carbons (Fsp3) is 0.556. The topological polar surface area (TPSA) is 12.0 Å². The normalized spacial score (nSPS) is 17.9. The van der Waals surface area contributed by atoms with E-state index in [1.165, 1.54) is 11.8 Å². The number of benzene rings is 1. The van der Waals surface area contributed by atoms with Gasteiger partial charge in [0, 0.05) is 0 Å². The predicted octanol–water partition coefficient (Wildman–Crippen LogP) is 6.96. The van der Waals surface area contributed by atoms with Crippen molar-refractivity contribution in [3.8, 4) is 0 Å². The molecule has 0 bridgehead atoms. The van der Waals surface area contributed by atoms with Crippen molar-refractivity contribution in [3.63, 3.8) is 0 Å². The van der Waals surface area contributed by atoms with Gasteiger partial charge >= 0.3 is 0 Å². The third kappa shape index (κ3) is 8.25. The van der Waals surface area contributed by atoms with Crippen molar-refractivity contribution < 1.29 is 0 Å². The second kappa shape index (κ2) is 16.9. The number of nitrogens with one attached hydrogen (secondary N) is 1. The summed E-state index contributed by atoms with van der Waals surface area (Å²) in [6, 6.07) is 10.1. The van der Waals surface area contributed by atoms with E-state index >= 15 is 0 Å². The van der Waals surface area contributed by atoms with Crippen LogP contribution >= 0.6 is 36.2 Å². The van der Waals surface area contributed by atoms with E-state index in [9.17, 15) is 0 Å². The van der Waals surface area contributed by atoms with Crippen LogP contribution in [0.4, 0.5) is 0 Å². The number of hydrogen-bond donors (Lipinski definition) is 1. The van der Waals surface area contributed by atoms with E-state index in [0.29, 0.717) is 0 Å². The minimum Gasteiger partial charge on any atom is -0.356 e. The van der Waals surface area contributed by atoms with Gasteiger partial charge in [-0.05, 0) is 12.5 Å². The van der Waals surface area contributed by atoms with Crippen LogP contribution in [0, 0.1) is 0 Å². The summed E-state index contributed by atoms with van der Waals surface area (Å²) in [7, 11) is 0. The highest BCUT2D eigenvalue weighted by Crippen LogP contribution is 2.34. The minimum atomic E-state index is -0.279. The van der Waals surface area contributed by atoms with E-state index in [1.54, 1.807) is 0 Å².